The van der Waals surface area contributed by atoms with Crippen LogP contribution in [0, 0.1) is 19.8 Å². The predicted octanol–water partition coefficient (Wildman–Crippen LogP) is 11.1. The summed E-state index contributed by atoms with van der Waals surface area (Å²) in [6, 6.07) is 22.7. The molecule has 6 rings (SSSR count). The number of rotatable bonds is 4. The van der Waals surface area contributed by atoms with Gasteiger partial charge in [-0.3, -0.25) is 4.98 Å². The van der Waals surface area contributed by atoms with Gasteiger partial charge in [0.25, 0.3) is 0 Å². The second-order valence-corrected chi connectivity index (χ2v) is 14.2. The van der Waals surface area contributed by atoms with Crippen LogP contribution in [0.3, 0.4) is 0 Å². The predicted molar refractivity (Wildman–Crippen MR) is 170 cm³/mol. The summed E-state index contributed by atoms with van der Waals surface area (Å²) in [5.41, 5.74) is 7.82. The van der Waals surface area contributed by atoms with E-state index in [9.17, 15) is 0 Å². The highest BCUT2D eigenvalue weighted by Crippen LogP contribution is 2.45. The fourth-order valence-electron chi connectivity index (χ4n) is 5.67. The summed E-state index contributed by atoms with van der Waals surface area (Å²) in [7, 11) is 0. The van der Waals surface area contributed by atoms with Crippen molar-refractivity contribution in [3.05, 3.63) is 88.4 Å². The molecule has 3 heteroatoms. The molecule has 0 unspecified atom stereocenters. The molecule has 0 fully saturated rings. The summed E-state index contributed by atoms with van der Waals surface area (Å²) in [6.45, 7) is 16.1. The molecule has 6 aromatic rings. The van der Waals surface area contributed by atoms with Crippen LogP contribution in [0.5, 0.6) is 0 Å². The lowest BCUT2D eigenvalue weighted by Crippen LogP contribution is -2.12. The Morgan fingerprint density at radius 1 is 0.789 bits per heavy atom. The minimum atomic E-state index is 0.0439. The quantitative estimate of drug-likeness (QED) is 0.220. The summed E-state index contributed by atoms with van der Waals surface area (Å²) in [4.78, 5) is 7.84. The third kappa shape index (κ3) is 4.26. The van der Waals surface area contributed by atoms with Crippen LogP contribution >= 0.6 is 22.7 Å². The van der Waals surface area contributed by atoms with E-state index in [4.69, 9.17) is 4.98 Å². The lowest BCUT2D eigenvalue weighted by molar-refractivity contribution is 0.596. The molecule has 0 N–H and O–H groups in total. The molecule has 0 saturated heterocycles. The second kappa shape index (κ2) is 9.32. The van der Waals surface area contributed by atoms with E-state index in [2.05, 4.69) is 109 Å². The standard InChI is InChI=1S/C35H35NS2/c1-20(2)16-31-21(3)28-18-24(12-13-30(28)37-31)33-22(4)26-14-15-36-32(34(26)38-33)25-17-23-10-8-9-11-27(23)29(19-25)35(5,6)7/h8-15,17-20H,16H2,1-7H3. The van der Waals surface area contributed by atoms with E-state index >= 15 is 0 Å². The maximum absolute atomic E-state index is 4.96. The number of aromatic nitrogens is 1. The van der Waals surface area contributed by atoms with Crippen LogP contribution in [0.4, 0.5) is 0 Å². The van der Waals surface area contributed by atoms with E-state index < -0.39 is 0 Å². The van der Waals surface area contributed by atoms with E-state index in [0.717, 1.165) is 12.1 Å². The summed E-state index contributed by atoms with van der Waals surface area (Å²) in [5, 5.41) is 5.32. The molecule has 0 bridgehead atoms. The summed E-state index contributed by atoms with van der Waals surface area (Å²) in [6.07, 6.45) is 3.14. The zero-order chi connectivity index (χ0) is 26.8. The van der Waals surface area contributed by atoms with Crippen molar-refractivity contribution in [3.8, 4) is 21.7 Å². The van der Waals surface area contributed by atoms with Crippen molar-refractivity contribution in [1.29, 1.82) is 0 Å². The third-order valence-electron chi connectivity index (χ3n) is 7.69. The van der Waals surface area contributed by atoms with Crippen molar-refractivity contribution < 1.29 is 0 Å². The maximum atomic E-state index is 4.96. The number of hydrogen-bond donors (Lipinski definition) is 0. The van der Waals surface area contributed by atoms with Crippen molar-refractivity contribution in [2.45, 2.75) is 60.3 Å². The molecule has 0 saturated carbocycles. The molecule has 0 spiro atoms. The zero-order valence-electron chi connectivity index (χ0n) is 23.4. The van der Waals surface area contributed by atoms with E-state index in [-0.39, 0.29) is 5.41 Å². The summed E-state index contributed by atoms with van der Waals surface area (Å²) < 4.78 is 2.67. The maximum Gasteiger partial charge on any atom is 0.0880 e. The Morgan fingerprint density at radius 3 is 2.34 bits per heavy atom. The molecule has 3 heterocycles. The molecule has 0 radical (unpaired) electrons. The molecule has 38 heavy (non-hydrogen) atoms. The van der Waals surface area contributed by atoms with E-state index in [1.165, 1.54) is 68.5 Å². The van der Waals surface area contributed by atoms with Gasteiger partial charge in [-0.2, -0.15) is 0 Å². The lowest BCUT2D eigenvalue weighted by Gasteiger charge is -2.22. The molecule has 0 aliphatic heterocycles. The molecular weight excluding hydrogens is 499 g/mol. The van der Waals surface area contributed by atoms with Crippen LogP contribution in [0.25, 0.3) is 52.6 Å². The smallest absolute Gasteiger partial charge is 0.0880 e. The molecule has 192 valence electrons. The highest BCUT2D eigenvalue weighted by molar-refractivity contribution is 7.23. The van der Waals surface area contributed by atoms with Gasteiger partial charge in [0, 0.05) is 26.2 Å². The van der Waals surface area contributed by atoms with Crippen molar-refractivity contribution in [2.24, 2.45) is 5.92 Å². The first-order valence-corrected chi connectivity index (χ1v) is 15.2. The first-order chi connectivity index (χ1) is 18.1. The SMILES string of the molecule is Cc1c(CC(C)C)sc2ccc(-c3sc4c(-c5cc(C(C)(C)C)c6ccccc6c5)nccc4c3C)cc12. The molecule has 0 atom stereocenters. The van der Waals surface area contributed by atoms with Crippen molar-refractivity contribution in [3.63, 3.8) is 0 Å². The first-order valence-electron chi connectivity index (χ1n) is 13.6. The molecule has 0 amide bonds. The minimum Gasteiger partial charge on any atom is -0.255 e. The Morgan fingerprint density at radius 2 is 1.58 bits per heavy atom. The number of fused-ring (bicyclic) bond motifs is 3. The van der Waals surface area contributed by atoms with Gasteiger partial charge in [-0.05, 0) is 106 Å². The van der Waals surface area contributed by atoms with Crippen molar-refractivity contribution in [2.75, 3.05) is 0 Å². The molecule has 0 aliphatic rings. The number of pyridine rings is 1. The lowest BCUT2D eigenvalue weighted by atomic mass is 9.82. The highest BCUT2D eigenvalue weighted by atomic mass is 32.1. The van der Waals surface area contributed by atoms with Gasteiger partial charge in [-0.15, -0.1) is 22.7 Å². The topological polar surface area (TPSA) is 12.9 Å². The Labute approximate surface area is 234 Å². The van der Waals surface area contributed by atoms with Gasteiger partial charge in [0.2, 0.25) is 0 Å². The molecule has 3 aromatic carbocycles. The van der Waals surface area contributed by atoms with Crippen LogP contribution in [-0.4, -0.2) is 4.98 Å². The van der Waals surface area contributed by atoms with Crippen LogP contribution in [0.2, 0.25) is 0 Å². The van der Waals surface area contributed by atoms with Gasteiger partial charge in [-0.25, -0.2) is 0 Å². The number of nitrogens with zero attached hydrogens (tertiary/aromatic N) is 1. The molecule has 0 aliphatic carbocycles. The fourth-order valence-corrected chi connectivity index (χ4v) is 8.39. The fraction of sp³-hybridized carbons (Fsp3) is 0.286. The number of thiophene rings is 2. The normalized spacial score (nSPS) is 12.4. The zero-order valence-corrected chi connectivity index (χ0v) is 25.0. The summed E-state index contributed by atoms with van der Waals surface area (Å²) >= 11 is 3.85. The minimum absolute atomic E-state index is 0.0439. The van der Waals surface area contributed by atoms with Gasteiger partial charge in [0.05, 0.1) is 10.4 Å². The van der Waals surface area contributed by atoms with Gasteiger partial charge < -0.3 is 0 Å². The van der Waals surface area contributed by atoms with Crippen molar-refractivity contribution >= 4 is 53.6 Å². The monoisotopic (exact) mass is 533 g/mol. The second-order valence-electron chi connectivity index (χ2n) is 12.0. The van der Waals surface area contributed by atoms with Crippen LogP contribution < -0.4 is 0 Å². The van der Waals surface area contributed by atoms with Gasteiger partial charge in [0.15, 0.2) is 0 Å². The van der Waals surface area contributed by atoms with Crippen LogP contribution in [0.1, 0.15) is 56.2 Å². The molecular formula is C35H35NS2. The van der Waals surface area contributed by atoms with Crippen LogP contribution in [0.15, 0.2) is 66.9 Å². The molecule has 3 aromatic heterocycles. The first kappa shape index (κ1) is 25.3. The highest BCUT2D eigenvalue weighted by Gasteiger charge is 2.21. The largest absolute Gasteiger partial charge is 0.255 e. The Kier molecular flexibility index (Phi) is 6.20. The third-order valence-corrected chi connectivity index (χ3v) is 10.3. The summed E-state index contributed by atoms with van der Waals surface area (Å²) in [5.74, 6) is 0.672. The Bertz CT molecular complexity index is 1820. The number of benzene rings is 3. The Balaban J connectivity index is 1.53. The average Bonchev–Trinajstić information content (AvgIpc) is 3.38. The van der Waals surface area contributed by atoms with E-state index in [1.807, 2.05) is 28.9 Å². The van der Waals surface area contributed by atoms with Crippen LogP contribution in [-0.2, 0) is 11.8 Å². The van der Waals surface area contributed by atoms with Crippen molar-refractivity contribution in [1.82, 2.24) is 4.98 Å². The van der Waals surface area contributed by atoms with Gasteiger partial charge >= 0.3 is 0 Å². The van der Waals surface area contributed by atoms with Gasteiger partial charge in [-0.1, -0.05) is 65.0 Å². The number of aryl methyl sites for hydroxylation is 2. The van der Waals surface area contributed by atoms with Gasteiger partial charge in [0.1, 0.15) is 0 Å². The van der Waals surface area contributed by atoms with E-state index in [0.29, 0.717) is 5.92 Å². The molecule has 1 nitrogen and oxygen atoms in total. The average molecular weight is 534 g/mol. The Hall–Kier alpha value is -3.01. The van der Waals surface area contributed by atoms with E-state index in [1.54, 1.807) is 0 Å². The number of hydrogen-bond acceptors (Lipinski definition) is 3.